The van der Waals surface area contributed by atoms with Gasteiger partial charge in [-0.3, -0.25) is 14.4 Å². The molecule has 202 valence electrons. The summed E-state index contributed by atoms with van der Waals surface area (Å²) in [7, 11) is 0. The standard InChI is InChI=1S/C31H31FN2O5/c1-3-22(2)34(30(36)21-38-26-9-5-4-6-10-26)19-29(35)33(17-23-13-15-25(32)16-14-23)18-24-20-39-28-12-8-7-11-27(28)31(24)37/h4-16,20,22H,3,17-19,21H2,1-2H3. The van der Waals surface area contributed by atoms with Crippen LogP contribution in [0.3, 0.4) is 0 Å². The molecule has 7 nitrogen and oxygen atoms in total. The van der Waals surface area contributed by atoms with Gasteiger partial charge in [-0.25, -0.2) is 4.39 Å². The molecule has 1 aromatic heterocycles. The number of rotatable bonds is 11. The zero-order chi connectivity index (χ0) is 27.8. The zero-order valence-electron chi connectivity index (χ0n) is 22.0. The van der Waals surface area contributed by atoms with Gasteiger partial charge in [0.25, 0.3) is 5.91 Å². The number of amides is 2. The Bertz CT molecular complexity index is 1470. The van der Waals surface area contributed by atoms with E-state index >= 15 is 0 Å². The lowest BCUT2D eigenvalue weighted by atomic mass is 10.1. The molecule has 1 atom stereocenters. The molecule has 1 heterocycles. The average Bonchev–Trinajstić information content (AvgIpc) is 2.96. The van der Waals surface area contributed by atoms with E-state index in [1.54, 1.807) is 48.5 Å². The van der Waals surface area contributed by atoms with Crippen LogP contribution in [-0.2, 0) is 22.7 Å². The van der Waals surface area contributed by atoms with Crippen molar-refractivity contribution in [1.29, 1.82) is 0 Å². The van der Waals surface area contributed by atoms with Crippen LogP contribution in [0.25, 0.3) is 11.0 Å². The fourth-order valence-corrected chi connectivity index (χ4v) is 4.18. The summed E-state index contributed by atoms with van der Waals surface area (Å²) in [6.07, 6.45) is 2.00. The Morgan fingerprint density at radius 2 is 1.62 bits per heavy atom. The first-order valence-electron chi connectivity index (χ1n) is 12.8. The molecule has 4 aromatic rings. The SMILES string of the molecule is CCC(C)N(CC(=O)N(Cc1ccc(F)cc1)Cc1coc2ccccc2c1=O)C(=O)COc1ccccc1. The van der Waals surface area contributed by atoms with E-state index in [0.29, 0.717) is 34.3 Å². The van der Waals surface area contributed by atoms with Crippen molar-refractivity contribution in [2.45, 2.75) is 39.4 Å². The molecule has 0 N–H and O–H groups in total. The minimum atomic E-state index is -0.390. The van der Waals surface area contributed by atoms with Crippen molar-refractivity contribution in [3.63, 3.8) is 0 Å². The van der Waals surface area contributed by atoms with Crippen molar-refractivity contribution >= 4 is 22.8 Å². The van der Waals surface area contributed by atoms with Crippen LogP contribution in [0.4, 0.5) is 4.39 Å². The topological polar surface area (TPSA) is 80.1 Å². The van der Waals surface area contributed by atoms with Gasteiger partial charge in [-0.05, 0) is 55.3 Å². The highest BCUT2D eigenvalue weighted by Crippen LogP contribution is 2.16. The van der Waals surface area contributed by atoms with Crippen LogP contribution in [0.1, 0.15) is 31.4 Å². The lowest BCUT2D eigenvalue weighted by Crippen LogP contribution is -2.48. The predicted molar refractivity (Wildman–Crippen MR) is 147 cm³/mol. The third kappa shape index (κ3) is 7.10. The number of ether oxygens (including phenoxy) is 1. The van der Waals surface area contributed by atoms with Gasteiger partial charge in [-0.2, -0.15) is 0 Å². The van der Waals surface area contributed by atoms with Crippen molar-refractivity contribution in [2.75, 3.05) is 13.2 Å². The number of nitrogens with zero attached hydrogens (tertiary/aromatic N) is 2. The Kier molecular flexibility index (Phi) is 9.10. The lowest BCUT2D eigenvalue weighted by Gasteiger charge is -2.31. The molecule has 1 unspecified atom stereocenters. The molecule has 0 bridgehead atoms. The second kappa shape index (κ2) is 12.9. The van der Waals surface area contributed by atoms with Crippen LogP contribution in [0.5, 0.6) is 5.75 Å². The molecule has 0 radical (unpaired) electrons. The maximum absolute atomic E-state index is 13.7. The number of hydrogen-bond donors (Lipinski definition) is 0. The van der Waals surface area contributed by atoms with E-state index in [1.807, 2.05) is 32.0 Å². The number of para-hydroxylation sites is 2. The van der Waals surface area contributed by atoms with Crippen LogP contribution >= 0.6 is 0 Å². The normalized spacial score (nSPS) is 11.7. The molecule has 0 aliphatic carbocycles. The number of halogens is 1. The van der Waals surface area contributed by atoms with Gasteiger partial charge in [-0.15, -0.1) is 0 Å². The summed E-state index contributed by atoms with van der Waals surface area (Å²) < 4.78 is 24.8. The van der Waals surface area contributed by atoms with E-state index in [1.165, 1.54) is 28.2 Å². The summed E-state index contributed by atoms with van der Waals surface area (Å²) in [6.45, 7) is 3.47. The fourth-order valence-electron chi connectivity index (χ4n) is 4.18. The van der Waals surface area contributed by atoms with Crippen molar-refractivity contribution in [1.82, 2.24) is 9.80 Å². The molecule has 0 saturated carbocycles. The summed E-state index contributed by atoms with van der Waals surface area (Å²) in [4.78, 5) is 43.0. The van der Waals surface area contributed by atoms with Crippen LogP contribution in [-0.4, -0.2) is 40.8 Å². The first-order chi connectivity index (χ1) is 18.9. The largest absolute Gasteiger partial charge is 0.484 e. The van der Waals surface area contributed by atoms with Crippen LogP contribution < -0.4 is 10.2 Å². The Morgan fingerprint density at radius 1 is 0.923 bits per heavy atom. The Balaban J connectivity index is 1.57. The first-order valence-corrected chi connectivity index (χ1v) is 12.8. The molecule has 0 saturated heterocycles. The molecule has 4 rings (SSSR count). The van der Waals surface area contributed by atoms with E-state index in [-0.39, 0.29) is 49.5 Å². The Labute approximate surface area is 226 Å². The Morgan fingerprint density at radius 3 is 2.33 bits per heavy atom. The number of hydrogen-bond acceptors (Lipinski definition) is 5. The van der Waals surface area contributed by atoms with Crippen LogP contribution in [0.15, 0.2) is 94.3 Å². The summed E-state index contributed by atoms with van der Waals surface area (Å²) in [5, 5.41) is 0.415. The molecule has 0 spiro atoms. The second-order valence-corrected chi connectivity index (χ2v) is 9.34. The number of benzene rings is 3. The summed E-state index contributed by atoms with van der Waals surface area (Å²) in [5.74, 6) is -0.519. The van der Waals surface area contributed by atoms with Gasteiger partial charge in [0, 0.05) is 12.6 Å². The second-order valence-electron chi connectivity index (χ2n) is 9.34. The van der Waals surface area contributed by atoms with Crippen molar-refractivity contribution < 1.29 is 23.1 Å². The minimum Gasteiger partial charge on any atom is -0.484 e. The van der Waals surface area contributed by atoms with Gasteiger partial charge in [0.15, 0.2) is 12.0 Å². The Hall–Kier alpha value is -4.46. The molecule has 3 aromatic carbocycles. The summed E-state index contributed by atoms with van der Waals surface area (Å²) in [6, 6.07) is 21.5. The average molecular weight is 531 g/mol. The van der Waals surface area contributed by atoms with Crippen LogP contribution in [0, 0.1) is 5.82 Å². The maximum Gasteiger partial charge on any atom is 0.261 e. The van der Waals surface area contributed by atoms with Gasteiger partial charge in [0.1, 0.15) is 23.7 Å². The van der Waals surface area contributed by atoms with Gasteiger partial charge in [0.2, 0.25) is 5.91 Å². The smallest absolute Gasteiger partial charge is 0.261 e. The summed E-state index contributed by atoms with van der Waals surface area (Å²) >= 11 is 0. The number of carbonyl (C=O) groups is 2. The molecular weight excluding hydrogens is 499 g/mol. The maximum atomic E-state index is 13.7. The van der Waals surface area contributed by atoms with Gasteiger partial charge in [0.05, 0.1) is 23.8 Å². The zero-order valence-corrected chi connectivity index (χ0v) is 22.0. The van der Waals surface area contributed by atoms with E-state index in [4.69, 9.17) is 9.15 Å². The fraction of sp³-hybridized carbons (Fsp3) is 0.258. The summed E-state index contributed by atoms with van der Waals surface area (Å²) in [5.41, 5.74) is 1.20. The van der Waals surface area contributed by atoms with Crippen molar-refractivity contribution in [3.8, 4) is 5.75 Å². The van der Waals surface area contributed by atoms with E-state index < -0.39 is 5.82 Å². The quantitative estimate of drug-likeness (QED) is 0.267. The predicted octanol–water partition coefficient (Wildman–Crippen LogP) is 5.17. The van der Waals surface area contributed by atoms with E-state index in [2.05, 4.69) is 0 Å². The molecule has 2 amide bonds. The van der Waals surface area contributed by atoms with Gasteiger partial charge >= 0.3 is 0 Å². The minimum absolute atomic E-state index is 0.0353. The highest BCUT2D eigenvalue weighted by atomic mass is 19.1. The highest BCUT2D eigenvalue weighted by molar-refractivity contribution is 5.86. The third-order valence-electron chi connectivity index (χ3n) is 6.61. The van der Waals surface area contributed by atoms with Crippen molar-refractivity contribution in [3.05, 3.63) is 112 Å². The monoisotopic (exact) mass is 530 g/mol. The van der Waals surface area contributed by atoms with Crippen molar-refractivity contribution in [2.24, 2.45) is 0 Å². The highest BCUT2D eigenvalue weighted by Gasteiger charge is 2.26. The molecule has 0 aliphatic heterocycles. The number of carbonyl (C=O) groups excluding carboxylic acids is 2. The molecule has 0 aliphatic rings. The third-order valence-corrected chi connectivity index (χ3v) is 6.61. The lowest BCUT2D eigenvalue weighted by molar-refractivity contribution is -0.144. The molecule has 0 fully saturated rings. The molecule has 39 heavy (non-hydrogen) atoms. The first kappa shape index (κ1) is 27.6. The number of fused-ring (bicyclic) bond motifs is 1. The van der Waals surface area contributed by atoms with E-state index in [9.17, 15) is 18.8 Å². The van der Waals surface area contributed by atoms with Gasteiger partial charge < -0.3 is 19.0 Å². The van der Waals surface area contributed by atoms with Gasteiger partial charge in [-0.1, -0.05) is 49.4 Å². The van der Waals surface area contributed by atoms with Crippen LogP contribution in [0.2, 0.25) is 0 Å². The van der Waals surface area contributed by atoms with E-state index in [0.717, 1.165) is 0 Å². The molecular formula is C31H31FN2O5. The molecule has 8 heteroatoms.